The van der Waals surface area contributed by atoms with Crippen molar-refractivity contribution in [3.8, 4) is 5.75 Å². The van der Waals surface area contributed by atoms with Gasteiger partial charge in [0.15, 0.2) is 0 Å². The number of nitrogens with zero attached hydrogens (tertiary/aromatic N) is 3. The van der Waals surface area contributed by atoms with Crippen LogP contribution in [0.1, 0.15) is 15.7 Å². The Morgan fingerprint density at radius 1 is 1.02 bits per heavy atom. The molecule has 0 aliphatic carbocycles. The van der Waals surface area contributed by atoms with Gasteiger partial charge in [0, 0.05) is 33.5 Å². The maximum Gasteiger partial charge on any atom is 0.308 e. The van der Waals surface area contributed by atoms with Gasteiger partial charge in [-0.05, 0) is 47.8 Å². The smallest absolute Gasteiger partial charge is 0.308 e. The summed E-state index contributed by atoms with van der Waals surface area (Å²) in [7, 11) is 0. The number of nitrogens with one attached hydrogen (secondary N) is 1. The highest BCUT2D eigenvalue weighted by Crippen LogP contribution is 2.54. The number of anilines is 2. The van der Waals surface area contributed by atoms with Crippen LogP contribution in [0.5, 0.6) is 5.75 Å². The lowest BCUT2D eigenvalue weighted by atomic mass is 9.87. The minimum Gasteiger partial charge on any atom is -0.508 e. The second-order valence-corrected chi connectivity index (χ2v) is 12.2. The average Bonchev–Trinajstić information content (AvgIpc) is 3.63. The summed E-state index contributed by atoms with van der Waals surface area (Å²) in [5, 5.41) is 24.7. The standard InChI is InChI=1S/C26H18N4O7S3/c31-16-9-3-13(4-10-16)27-18(32)12-28-25-22(40-26(28)35)19(17-2-1-11-38-17)20-21(39-25)24(34)29(23(20)33)14-5-7-15(8-6-14)30(36)37/h1-11,19-21,31H,12H2,(H,27,32)/t19-,20-,21+/m0/s1. The number of carbonyl (C=O) groups is 3. The fourth-order valence-electron chi connectivity index (χ4n) is 4.90. The number of imide groups is 1. The van der Waals surface area contributed by atoms with Gasteiger partial charge in [0.05, 0.1) is 21.6 Å². The Bertz CT molecular complexity index is 1710. The Morgan fingerprint density at radius 3 is 2.40 bits per heavy atom. The number of hydrogen-bond donors (Lipinski definition) is 2. The van der Waals surface area contributed by atoms with Gasteiger partial charge in [-0.3, -0.25) is 33.9 Å². The van der Waals surface area contributed by atoms with Crippen LogP contribution in [0.15, 0.2) is 75.9 Å². The number of thiophene rings is 1. The van der Waals surface area contributed by atoms with E-state index in [-0.39, 0.29) is 28.5 Å². The number of thioether (sulfide) groups is 1. The zero-order valence-corrected chi connectivity index (χ0v) is 22.7. The molecule has 1 saturated heterocycles. The van der Waals surface area contributed by atoms with Gasteiger partial charge < -0.3 is 10.4 Å². The van der Waals surface area contributed by atoms with Crippen LogP contribution in [0.2, 0.25) is 0 Å². The predicted molar refractivity (Wildman–Crippen MR) is 150 cm³/mol. The lowest BCUT2D eigenvalue weighted by molar-refractivity contribution is -0.384. The molecule has 1 fully saturated rings. The Hall–Kier alpha value is -4.27. The maximum atomic E-state index is 13.8. The number of non-ortho nitro benzene ring substituents is 1. The molecule has 4 heterocycles. The molecule has 3 atom stereocenters. The molecule has 202 valence electrons. The molecule has 0 saturated carbocycles. The Morgan fingerprint density at radius 2 is 1.75 bits per heavy atom. The molecular weight excluding hydrogens is 577 g/mol. The number of amides is 3. The van der Waals surface area contributed by atoms with Crippen LogP contribution in [0, 0.1) is 16.0 Å². The first-order valence-corrected chi connectivity index (χ1v) is 14.4. The van der Waals surface area contributed by atoms with Crippen LogP contribution >= 0.6 is 34.4 Å². The first kappa shape index (κ1) is 26.0. The van der Waals surface area contributed by atoms with E-state index >= 15 is 0 Å². The van der Waals surface area contributed by atoms with Gasteiger partial charge in [-0.25, -0.2) is 4.90 Å². The number of nitro groups is 1. The van der Waals surface area contributed by atoms with Gasteiger partial charge in [-0.15, -0.1) is 11.3 Å². The van der Waals surface area contributed by atoms with Gasteiger partial charge in [0.25, 0.3) is 5.69 Å². The molecule has 6 rings (SSSR count). The molecule has 2 N–H and O–H groups in total. The zero-order chi connectivity index (χ0) is 28.1. The van der Waals surface area contributed by atoms with Crippen LogP contribution in [-0.2, 0) is 20.9 Å². The van der Waals surface area contributed by atoms with E-state index in [0.717, 1.165) is 32.9 Å². The fourth-order valence-corrected chi connectivity index (χ4v) is 8.62. The van der Waals surface area contributed by atoms with Crippen molar-refractivity contribution >= 4 is 69.2 Å². The first-order valence-electron chi connectivity index (χ1n) is 11.9. The van der Waals surface area contributed by atoms with Crippen LogP contribution in [0.25, 0.3) is 0 Å². The quantitative estimate of drug-likeness (QED) is 0.147. The molecule has 2 aromatic carbocycles. The van der Waals surface area contributed by atoms with Crippen molar-refractivity contribution in [2.24, 2.45) is 5.92 Å². The lowest BCUT2D eigenvalue weighted by Crippen LogP contribution is -2.32. The van der Waals surface area contributed by atoms with E-state index in [0.29, 0.717) is 15.6 Å². The van der Waals surface area contributed by atoms with E-state index in [1.807, 2.05) is 17.5 Å². The number of phenols is 1. The molecule has 0 radical (unpaired) electrons. The number of nitro benzene ring substituents is 1. The highest BCUT2D eigenvalue weighted by molar-refractivity contribution is 8.00. The Balaban J connectivity index is 1.36. The van der Waals surface area contributed by atoms with Crippen molar-refractivity contribution in [2.45, 2.75) is 22.7 Å². The topological polar surface area (TPSA) is 152 Å². The van der Waals surface area contributed by atoms with Crippen LogP contribution in [-0.4, -0.2) is 37.6 Å². The normalized spacial score (nSPS) is 19.8. The summed E-state index contributed by atoms with van der Waals surface area (Å²) >= 11 is 3.45. The van der Waals surface area contributed by atoms with Crippen molar-refractivity contribution in [2.75, 3.05) is 10.2 Å². The molecular formula is C26H18N4O7S3. The SMILES string of the molecule is O=C(Cn1c2c(sc1=O)[C@@H](c1cccs1)[C@@H]1C(=O)N(c3ccc([N+](=O)[O-])cc3)C(=O)[C@@H]1S2)Nc1ccc(O)cc1. The van der Waals surface area contributed by atoms with E-state index < -0.39 is 39.7 Å². The second-order valence-electron chi connectivity index (χ2n) is 9.06. The number of aromatic nitrogens is 1. The predicted octanol–water partition coefficient (Wildman–Crippen LogP) is 4.02. The Labute approximate surface area is 237 Å². The van der Waals surface area contributed by atoms with Gasteiger partial charge in [0.1, 0.15) is 17.5 Å². The number of carbonyl (C=O) groups excluding carboxylic acids is 3. The van der Waals surface area contributed by atoms with Crippen molar-refractivity contribution < 1.29 is 24.4 Å². The number of benzene rings is 2. The largest absolute Gasteiger partial charge is 0.508 e. The highest BCUT2D eigenvalue weighted by atomic mass is 32.2. The molecule has 2 aromatic heterocycles. The van der Waals surface area contributed by atoms with Gasteiger partial charge in [-0.1, -0.05) is 29.2 Å². The van der Waals surface area contributed by atoms with Gasteiger partial charge in [0.2, 0.25) is 17.7 Å². The van der Waals surface area contributed by atoms with Crippen molar-refractivity contribution in [3.63, 3.8) is 0 Å². The summed E-state index contributed by atoms with van der Waals surface area (Å²) < 4.78 is 1.32. The van der Waals surface area contributed by atoms with E-state index in [9.17, 15) is 34.4 Å². The van der Waals surface area contributed by atoms with E-state index in [1.54, 1.807) is 0 Å². The average molecular weight is 595 g/mol. The fraction of sp³-hybridized carbons (Fsp3) is 0.154. The van der Waals surface area contributed by atoms with E-state index in [1.165, 1.54) is 64.4 Å². The summed E-state index contributed by atoms with van der Waals surface area (Å²) in [6.07, 6.45) is 0. The maximum absolute atomic E-state index is 13.8. The van der Waals surface area contributed by atoms with E-state index in [4.69, 9.17) is 0 Å². The van der Waals surface area contributed by atoms with Gasteiger partial charge >= 0.3 is 4.87 Å². The second kappa shape index (κ2) is 10.0. The summed E-state index contributed by atoms with van der Waals surface area (Å²) in [4.78, 5) is 66.1. The molecule has 0 spiro atoms. The van der Waals surface area contributed by atoms with Crippen LogP contribution in [0.3, 0.4) is 0 Å². The molecule has 0 unspecified atom stereocenters. The van der Waals surface area contributed by atoms with E-state index in [2.05, 4.69) is 5.32 Å². The van der Waals surface area contributed by atoms with Crippen molar-refractivity contribution in [1.82, 2.24) is 4.57 Å². The summed E-state index contributed by atoms with van der Waals surface area (Å²) in [5.41, 5.74) is 0.511. The minimum absolute atomic E-state index is 0.0465. The molecule has 14 heteroatoms. The summed E-state index contributed by atoms with van der Waals surface area (Å²) in [6, 6.07) is 14.8. The van der Waals surface area contributed by atoms with Crippen LogP contribution < -0.4 is 15.1 Å². The first-order chi connectivity index (χ1) is 19.2. The number of phenolic OH excluding ortho intramolecular Hbond substituents is 1. The Kier molecular flexibility index (Phi) is 6.52. The molecule has 2 aliphatic heterocycles. The highest BCUT2D eigenvalue weighted by Gasteiger charge is 2.57. The molecule has 40 heavy (non-hydrogen) atoms. The number of rotatable bonds is 6. The third kappa shape index (κ3) is 4.39. The molecule has 3 amide bonds. The van der Waals surface area contributed by atoms with Crippen molar-refractivity contribution in [1.29, 1.82) is 0 Å². The molecule has 11 nitrogen and oxygen atoms in total. The monoisotopic (exact) mass is 594 g/mol. The van der Waals surface area contributed by atoms with Crippen molar-refractivity contribution in [3.05, 3.63) is 95.6 Å². The van der Waals surface area contributed by atoms with Gasteiger partial charge in [-0.2, -0.15) is 0 Å². The molecule has 0 bridgehead atoms. The summed E-state index contributed by atoms with van der Waals surface area (Å²) in [5.74, 6) is -2.72. The summed E-state index contributed by atoms with van der Waals surface area (Å²) in [6.45, 7) is -0.304. The number of aromatic hydroxyl groups is 1. The molecule has 4 aromatic rings. The number of thiazole rings is 1. The zero-order valence-electron chi connectivity index (χ0n) is 20.3. The third-order valence-electron chi connectivity index (χ3n) is 6.67. The molecule has 2 aliphatic rings. The van der Waals surface area contributed by atoms with Crippen LogP contribution in [0.4, 0.5) is 17.1 Å². The minimum atomic E-state index is -0.859. The lowest BCUT2D eigenvalue weighted by Gasteiger charge is -2.29. The number of fused-ring (bicyclic) bond motifs is 2. The third-order valence-corrected chi connectivity index (χ3v) is 10.2. The number of hydrogen-bond acceptors (Lipinski definition) is 10.